The molecule has 152 valence electrons. The zero-order valence-electron chi connectivity index (χ0n) is 17.7. The van der Waals surface area contributed by atoms with Gasteiger partial charge in [0.15, 0.2) is 5.96 Å². The third-order valence-corrected chi connectivity index (χ3v) is 5.79. The number of likely N-dealkylation sites (N-methyl/N-ethyl adjacent to an activating group) is 1. The summed E-state index contributed by atoms with van der Waals surface area (Å²) in [5.41, 5.74) is 2.68. The Morgan fingerprint density at radius 2 is 2.04 bits per heavy atom. The van der Waals surface area contributed by atoms with Crippen LogP contribution in [0.15, 0.2) is 47.7 Å². The summed E-state index contributed by atoms with van der Waals surface area (Å²) in [5, 5.41) is 7.98. The van der Waals surface area contributed by atoms with Gasteiger partial charge in [0.05, 0.1) is 12.2 Å². The van der Waals surface area contributed by atoms with Crippen LogP contribution in [0.2, 0.25) is 0 Å². The van der Waals surface area contributed by atoms with E-state index in [4.69, 9.17) is 0 Å². The number of rotatable bonds is 7. The largest absolute Gasteiger partial charge is 0.354 e. The average molecular weight is 383 g/mol. The van der Waals surface area contributed by atoms with Crippen molar-refractivity contribution in [2.75, 3.05) is 39.8 Å². The van der Waals surface area contributed by atoms with Gasteiger partial charge in [-0.05, 0) is 30.6 Å². The third-order valence-electron chi connectivity index (χ3n) is 5.79. The number of guanidine groups is 1. The Hall–Kier alpha value is -2.34. The van der Waals surface area contributed by atoms with Crippen molar-refractivity contribution in [3.8, 4) is 0 Å². The molecule has 1 aromatic carbocycles. The molecule has 2 atom stereocenters. The van der Waals surface area contributed by atoms with Crippen molar-refractivity contribution in [1.29, 1.82) is 0 Å². The Morgan fingerprint density at radius 1 is 1.29 bits per heavy atom. The summed E-state index contributed by atoms with van der Waals surface area (Å²) in [7, 11) is 3.86. The predicted octanol–water partition coefficient (Wildman–Crippen LogP) is 2.87. The monoisotopic (exact) mass is 382 g/mol. The second kappa shape index (κ2) is 9.73. The van der Waals surface area contributed by atoms with Crippen molar-refractivity contribution < 1.29 is 0 Å². The summed E-state index contributed by atoms with van der Waals surface area (Å²) in [6.07, 6.45) is 5.27. The van der Waals surface area contributed by atoms with E-state index in [-0.39, 0.29) is 0 Å². The van der Waals surface area contributed by atoms with Gasteiger partial charge in [-0.1, -0.05) is 44.2 Å². The molecule has 0 aliphatic carbocycles. The third kappa shape index (κ3) is 4.73. The fraction of sp³-hybridized carbons (Fsp3) is 0.545. The Labute approximate surface area is 169 Å². The Kier molecular flexibility index (Phi) is 7.09. The van der Waals surface area contributed by atoms with Crippen LogP contribution in [0.3, 0.4) is 0 Å². The normalized spacial score (nSPS) is 18.7. The molecule has 1 N–H and O–H groups in total. The highest BCUT2D eigenvalue weighted by Gasteiger charge is 2.27. The van der Waals surface area contributed by atoms with Gasteiger partial charge in [-0.2, -0.15) is 5.10 Å². The van der Waals surface area contributed by atoms with E-state index in [1.54, 1.807) is 0 Å². The van der Waals surface area contributed by atoms with E-state index < -0.39 is 0 Å². The maximum absolute atomic E-state index is 4.57. The highest BCUT2D eigenvalue weighted by atomic mass is 15.3. The summed E-state index contributed by atoms with van der Waals surface area (Å²) >= 11 is 0. The molecule has 0 radical (unpaired) electrons. The Balaban J connectivity index is 1.65. The molecule has 3 rings (SSSR count). The van der Waals surface area contributed by atoms with Crippen LogP contribution in [0.25, 0.3) is 0 Å². The maximum atomic E-state index is 4.57. The average Bonchev–Trinajstić information content (AvgIpc) is 3.38. The van der Waals surface area contributed by atoms with Gasteiger partial charge in [-0.3, -0.25) is 14.6 Å². The van der Waals surface area contributed by atoms with Gasteiger partial charge in [0.1, 0.15) is 0 Å². The second-order valence-electron chi connectivity index (χ2n) is 7.45. The molecular weight excluding hydrogens is 348 g/mol. The minimum absolute atomic E-state index is 0.338. The van der Waals surface area contributed by atoms with Crippen LogP contribution >= 0.6 is 0 Å². The summed E-state index contributed by atoms with van der Waals surface area (Å²) < 4.78 is 1.89. The lowest BCUT2D eigenvalue weighted by Crippen LogP contribution is -2.44. The Morgan fingerprint density at radius 3 is 2.64 bits per heavy atom. The quantitative estimate of drug-likeness (QED) is 0.591. The van der Waals surface area contributed by atoms with Gasteiger partial charge in [0.2, 0.25) is 0 Å². The first-order chi connectivity index (χ1) is 13.7. The molecule has 1 aliphatic rings. The molecule has 1 aromatic heterocycles. The molecule has 1 saturated heterocycles. The first kappa shape index (κ1) is 20.4. The van der Waals surface area contributed by atoms with Crippen molar-refractivity contribution in [3.63, 3.8) is 0 Å². The van der Waals surface area contributed by atoms with Crippen molar-refractivity contribution in [3.05, 3.63) is 53.9 Å². The van der Waals surface area contributed by atoms with Crippen LogP contribution in [0, 0.1) is 0 Å². The molecule has 0 saturated carbocycles. The first-order valence-electron chi connectivity index (χ1n) is 10.4. The number of hydrogen-bond acceptors (Lipinski definition) is 3. The molecule has 2 heterocycles. The van der Waals surface area contributed by atoms with Crippen LogP contribution in [0.5, 0.6) is 0 Å². The number of aromatic nitrogens is 2. The molecule has 2 unspecified atom stereocenters. The fourth-order valence-corrected chi connectivity index (χ4v) is 4.19. The molecule has 0 spiro atoms. The predicted molar refractivity (Wildman–Crippen MR) is 116 cm³/mol. The zero-order valence-corrected chi connectivity index (χ0v) is 17.7. The van der Waals surface area contributed by atoms with Gasteiger partial charge in [-0.25, -0.2) is 0 Å². The summed E-state index contributed by atoms with van der Waals surface area (Å²) in [6, 6.07) is 11.1. The highest BCUT2D eigenvalue weighted by molar-refractivity contribution is 5.80. The fourth-order valence-electron chi connectivity index (χ4n) is 4.19. The van der Waals surface area contributed by atoms with Crippen LogP contribution < -0.4 is 5.32 Å². The summed E-state index contributed by atoms with van der Waals surface area (Å²) in [4.78, 5) is 9.45. The van der Waals surface area contributed by atoms with E-state index in [9.17, 15) is 0 Å². The second-order valence-corrected chi connectivity index (χ2v) is 7.45. The molecular formula is C22H34N6. The van der Waals surface area contributed by atoms with Gasteiger partial charge in [-0.15, -0.1) is 0 Å². The number of benzene rings is 1. The molecule has 28 heavy (non-hydrogen) atoms. The van der Waals surface area contributed by atoms with Crippen LogP contribution in [-0.4, -0.2) is 65.3 Å². The van der Waals surface area contributed by atoms with Crippen molar-refractivity contribution in [2.24, 2.45) is 12.0 Å². The SMILES string of the molecule is CCN(CC)C(CNC(=NC)N1CCC(c2cnn(C)c2)C1)c1ccccc1. The maximum Gasteiger partial charge on any atom is 0.193 e. The van der Waals surface area contributed by atoms with E-state index in [1.807, 2.05) is 25.0 Å². The van der Waals surface area contributed by atoms with Crippen molar-refractivity contribution >= 4 is 5.96 Å². The van der Waals surface area contributed by atoms with E-state index in [0.717, 1.165) is 45.1 Å². The molecule has 6 nitrogen and oxygen atoms in total. The molecule has 1 fully saturated rings. The highest BCUT2D eigenvalue weighted by Crippen LogP contribution is 2.27. The van der Waals surface area contributed by atoms with Crippen molar-refractivity contribution in [1.82, 2.24) is 24.9 Å². The lowest BCUT2D eigenvalue weighted by molar-refractivity contribution is 0.218. The topological polar surface area (TPSA) is 48.7 Å². The van der Waals surface area contributed by atoms with Gasteiger partial charge in [0, 0.05) is 45.8 Å². The number of aliphatic imine (C=N–C) groups is 1. The molecule has 1 aliphatic heterocycles. The summed E-state index contributed by atoms with van der Waals surface area (Å²) in [6.45, 7) is 9.40. The van der Waals surface area contributed by atoms with Crippen molar-refractivity contribution in [2.45, 2.75) is 32.2 Å². The number of hydrogen-bond donors (Lipinski definition) is 1. The van der Waals surface area contributed by atoms with Gasteiger partial charge in [0.25, 0.3) is 0 Å². The number of likely N-dealkylation sites (tertiary alicyclic amines) is 1. The van der Waals surface area contributed by atoms with Crippen LogP contribution in [0.1, 0.15) is 43.4 Å². The molecule has 2 aromatic rings. The smallest absolute Gasteiger partial charge is 0.193 e. The number of aryl methyl sites for hydroxylation is 1. The molecule has 0 bridgehead atoms. The minimum Gasteiger partial charge on any atom is -0.354 e. The van der Waals surface area contributed by atoms with E-state index in [2.05, 4.69) is 75.6 Å². The Bertz CT molecular complexity index is 749. The van der Waals surface area contributed by atoms with E-state index >= 15 is 0 Å². The van der Waals surface area contributed by atoms with Gasteiger partial charge < -0.3 is 10.2 Å². The van der Waals surface area contributed by atoms with E-state index in [0.29, 0.717) is 12.0 Å². The van der Waals surface area contributed by atoms with Gasteiger partial charge >= 0.3 is 0 Å². The molecule has 6 heteroatoms. The zero-order chi connectivity index (χ0) is 19.9. The summed E-state index contributed by atoms with van der Waals surface area (Å²) in [5.74, 6) is 1.53. The van der Waals surface area contributed by atoms with Crippen LogP contribution in [-0.2, 0) is 7.05 Å². The first-order valence-corrected chi connectivity index (χ1v) is 10.4. The molecule has 0 amide bonds. The number of nitrogens with one attached hydrogen (secondary N) is 1. The lowest BCUT2D eigenvalue weighted by Gasteiger charge is -2.32. The number of nitrogens with zero attached hydrogens (tertiary/aromatic N) is 5. The standard InChI is InChI=1S/C22H34N6/c1-5-27(6-2)21(18-10-8-7-9-11-18)15-24-22(23-3)28-13-12-19(17-28)20-14-25-26(4)16-20/h7-11,14,16,19,21H,5-6,12-13,15,17H2,1-4H3,(H,23,24). The van der Waals surface area contributed by atoms with E-state index in [1.165, 1.54) is 11.1 Å². The van der Waals surface area contributed by atoms with Crippen LogP contribution in [0.4, 0.5) is 0 Å². The lowest BCUT2D eigenvalue weighted by atomic mass is 10.0. The minimum atomic E-state index is 0.338.